The largest absolute Gasteiger partial charge is 0.348 e. The Morgan fingerprint density at radius 3 is 3.21 bits per heavy atom. The summed E-state index contributed by atoms with van der Waals surface area (Å²) in [6, 6.07) is 0. The molecule has 1 amide bonds. The van der Waals surface area contributed by atoms with Crippen LogP contribution in [0.25, 0.3) is 5.00 Å². The van der Waals surface area contributed by atoms with Crippen molar-refractivity contribution in [1.82, 2.24) is 25.5 Å². The molecule has 0 unspecified atom stereocenters. The Hall–Kier alpha value is -2.02. The van der Waals surface area contributed by atoms with Crippen LogP contribution in [0.4, 0.5) is 0 Å². The van der Waals surface area contributed by atoms with Crippen molar-refractivity contribution < 1.29 is 4.79 Å². The fraction of sp³-hybridized carbons (Fsp3) is 0.333. The fourth-order valence-corrected chi connectivity index (χ4v) is 3.60. The maximum Gasteiger partial charge on any atom is 0.254 e. The zero-order valence-corrected chi connectivity index (χ0v) is 11.1. The lowest BCUT2D eigenvalue weighted by molar-refractivity contribution is 0.0957. The maximum atomic E-state index is 12.3. The molecule has 7 heteroatoms. The number of aryl methyl sites for hydroxylation is 1. The van der Waals surface area contributed by atoms with Crippen molar-refractivity contribution in [1.29, 1.82) is 0 Å². The highest BCUT2D eigenvalue weighted by Crippen LogP contribution is 2.37. The van der Waals surface area contributed by atoms with Gasteiger partial charge in [0.2, 0.25) is 0 Å². The van der Waals surface area contributed by atoms with E-state index in [1.54, 1.807) is 22.1 Å². The zero-order chi connectivity index (χ0) is 13.2. The van der Waals surface area contributed by atoms with E-state index in [0.29, 0.717) is 12.1 Å². The molecule has 1 aliphatic rings. The molecule has 0 atom stereocenters. The standard InChI is InChI=1S/C12H13N5OS/c1-2-6-13-11(18)10-8-4-3-5-9(8)19-12(10)17-7-14-15-16-17/h2,7H,1,3-6H2,(H,13,18). The molecule has 2 aromatic rings. The number of carbonyl (C=O) groups excluding carboxylic acids is 1. The van der Waals surface area contributed by atoms with Gasteiger partial charge in [-0.15, -0.1) is 23.0 Å². The number of hydrogen-bond donors (Lipinski definition) is 1. The summed E-state index contributed by atoms with van der Waals surface area (Å²) in [5.74, 6) is -0.0789. The number of tetrazole rings is 1. The molecule has 0 aliphatic heterocycles. The number of thiophene rings is 1. The van der Waals surface area contributed by atoms with Crippen molar-refractivity contribution >= 4 is 17.2 Å². The van der Waals surface area contributed by atoms with Gasteiger partial charge >= 0.3 is 0 Å². The average molecular weight is 275 g/mol. The highest BCUT2D eigenvalue weighted by Gasteiger charge is 2.27. The van der Waals surface area contributed by atoms with E-state index >= 15 is 0 Å². The number of rotatable bonds is 4. The van der Waals surface area contributed by atoms with E-state index in [9.17, 15) is 4.79 Å². The minimum Gasteiger partial charge on any atom is -0.348 e. The van der Waals surface area contributed by atoms with Crippen molar-refractivity contribution in [2.75, 3.05) is 6.54 Å². The van der Waals surface area contributed by atoms with Crippen molar-refractivity contribution in [2.24, 2.45) is 0 Å². The Kier molecular flexibility index (Phi) is 3.12. The van der Waals surface area contributed by atoms with Gasteiger partial charge in [0.1, 0.15) is 11.3 Å². The first-order chi connectivity index (χ1) is 9.31. The minimum absolute atomic E-state index is 0.0789. The number of carbonyl (C=O) groups is 1. The van der Waals surface area contributed by atoms with Gasteiger partial charge in [0.25, 0.3) is 5.91 Å². The summed E-state index contributed by atoms with van der Waals surface area (Å²) in [5, 5.41) is 14.8. The predicted octanol–water partition coefficient (Wildman–Crippen LogP) is 1.13. The second-order valence-electron chi connectivity index (χ2n) is 4.29. The van der Waals surface area contributed by atoms with Gasteiger partial charge < -0.3 is 5.32 Å². The lowest BCUT2D eigenvalue weighted by Gasteiger charge is -2.05. The summed E-state index contributed by atoms with van der Waals surface area (Å²) in [4.78, 5) is 13.6. The first-order valence-electron chi connectivity index (χ1n) is 6.08. The number of nitrogens with one attached hydrogen (secondary N) is 1. The third-order valence-corrected chi connectivity index (χ3v) is 4.38. The van der Waals surface area contributed by atoms with E-state index in [4.69, 9.17) is 0 Å². The Morgan fingerprint density at radius 2 is 2.47 bits per heavy atom. The van der Waals surface area contributed by atoms with Crippen LogP contribution in [-0.2, 0) is 12.8 Å². The molecule has 0 fully saturated rings. The lowest BCUT2D eigenvalue weighted by atomic mass is 10.1. The zero-order valence-electron chi connectivity index (χ0n) is 10.3. The third kappa shape index (κ3) is 2.06. The van der Waals surface area contributed by atoms with Gasteiger partial charge in [0.15, 0.2) is 0 Å². The van der Waals surface area contributed by atoms with Crippen LogP contribution in [-0.4, -0.2) is 32.7 Å². The Balaban J connectivity index is 2.05. The van der Waals surface area contributed by atoms with Crippen molar-refractivity contribution in [3.05, 3.63) is 35.0 Å². The minimum atomic E-state index is -0.0789. The molecule has 0 spiro atoms. The number of nitrogens with zero attached hydrogens (tertiary/aromatic N) is 4. The van der Waals surface area contributed by atoms with Crippen LogP contribution in [0.15, 0.2) is 19.0 Å². The molecule has 2 aromatic heterocycles. The Bertz CT molecular complexity index is 616. The highest BCUT2D eigenvalue weighted by atomic mass is 32.1. The number of aromatic nitrogens is 4. The first-order valence-corrected chi connectivity index (χ1v) is 6.90. The van der Waals surface area contributed by atoms with Gasteiger partial charge in [-0.25, -0.2) is 0 Å². The summed E-state index contributed by atoms with van der Waals surface area (Å²) < 4.78 is 1.56. The number of fused-ring (bicyclic) bond motifs is 1. The van der Waals surface area contributed by atoms with Crippen molar-refractivity contribution in [3.8, 4) is 5.00 Å². The van der Waals surface area contributed by atoms with E-state index in [2.05, 4.69) is 27.4 Å². The Morgan fingerprint density at radius 1 is 1.58 bits per heavy atom. The molecule has 0 bridgehead atoms. The number of hydrogen-bond acceptors (Lipinski definition) is 5. The number of amides is 1. The first kappa shape index (κ1) is 12.0. The molecule has 19 heavy (non-hydrogen) atoms. The molecule has 0 radical (unpaired) electrons. The third-order valence-electron chi connectivity index (χ3n) is 3.09. The fourth-order valence-electron chi connectivity index (χ4n) is 2.29. The van der Waals surface area contributed by atoms with Crippen LogP contribution >= 0.6 is 11.3 Å². The van der Waals surface area contributed by atoms with E-state index in [-0.39, 0.29) is 5.91 Å². The van der Waals surface area contributed by atoms with E-state index in [1.165, 1.54) is 11.2 Å². The molecule has 3 rings (SSSR count). The molecule has 2 heterocycles. The molecule has 0 aromatic carbocycles. The van der Waals surface area contributed by atoms with Crippen molar-refractivity contribution in [3.63, 3.8) is 0 Å². The van der Waals surface area contributed by atoms with Crippen LogP contribution in [0.2, 0.25) is 0 Å². The van der Waals surface area contributed by atoms with Crippen molar-refractivity contribution in [2.45, 2.75) is 19.3 Å². The summed E-state index contributed by atoms with van der Waals surface area (Å²) in [5.41, 5.74) is 1.86. The second-order valence-corrected chi connectivity index (χ2v) is 5.37. The van der Waals surface area contributed by atoms with Crippen LogP contribution < -0.4 is 5.32 Å². The molecular formula is C12H13N5OS. The van der Waals surface area contributed by atoms with E-state index in [1.807, 2.05) is 0 Å². The molecule has 0 saturated carbocycles. The quantitative estimate of drug-likeness (QED) is 0.849. The van der Waals surface area contributed by atoms with Gasteiger partial charge in [-0.3, -0.25) is 4.79 Å². The van der Waals surface area contributed by atoms with E-state index in [0.717, 1.165) is 29.8 Å². The molecule has 1 N–H and O–H groups in total. The summed E-state index contributed by atoms with van der Waals surface area (Å²) in [6.45, 7) is 4.07. The van der Waals surface area contributed by atoms with Gasteiger partial charge in [-0.1, -0.05) is 6.08 Å². The van der Waals surface area contributed by atoms with Gasteiger partial charge in [0, 0.05) is 11.4 Å². The summed E-state index contributed by atoms with van der Waals surface area (Å²) in [7, 11) is 0. The highest BCUT2D eigenvalue weighted by molar-refractivity contribution is 7.15. The molecule has 6 nitrogen and oxygen atoms in total. The van der Waals surface area contributed by atoms with Crippen LogP contribution in [0.5, 0.6) is 0 Å². The topological polar surface area (TPSA) is 72.7 Å². The average Bonchev–Trinajstić information content (AvgIpc) is 3.09. The van der Waals surface area contributed by atoms with Crippen LogP contribution in [0, 0.1) is 0 Å². The van der Waals surface area contributed by atoms with Crippen LogP contribution in [0.1, 0.15) is 27.2 Å². The molecule has 1 aliphatic carbocycles. The van der Waals surface area contributed by atoms with E-state index < -0.39 is 0 Å². The second kappa shape index (κ2) is 4.93. The monoisotopic (exact) mass is 275 g/mol. The molecule has 0 saturated heterocycles. The summed E-state index contributed by atoms with van der Waals surface area (Å²) >= 11 is 1.60. The smallest absolute Gasteiger partial charge is 0.254 e. The van der Waals surface area contributed by atoms with Crippen LogP contribution in [0.3, 0.4) is 0 Å². The normalized spacial score (nSPS) is 13.3. The molecule has 98 valence electrons. The summed E-state index contributed by atoms with van der Waals surface area (Å²) in [6.07, 6.45) is 6.28. The van der Waals surface area contributed by atoms with Gasteiger partial charge in [-0.05, 0) is 35.3 Å². The maximum absolute atomic E-state index is 12.3. The SMILES string of the molecule is C=CCNC(=O)c1c(-n2cnnn2)sc2c1CCC2. The van der Waals surface area contributed by atoms with Gasteiger partial charge in [0.05, 0.1) is 5.56 Å². The molecular weight excluding hydrogens is 262 g/mol. The van der Waals surface area contributed by atoms with Gasteiger partial charge in [-0.2, -0.15) is 4.68 Å². The predicted molar refractivity (Wildman–Crippen MR) is 71.6 cm³/mol. The Labute approximate surface area is 114 Å². The lowest BCUT2D eigenvalue weighted by Crippen LogP contribution is -2.25.